The highest BCUT2D eigenvalue weighted by atomic mass is 16.6. The van der Waals surface area contributed by atoms with E-state index in [0.29, 0.717) is 19.4 Å². The fourth-order valence-electron chi connectivity index (χ4n) is 1.31. The predicted octanol–water partition coefficient (Wildman–Crippen LogP) is 1.84. The van der Waals surface area contributed by atoms with E-state index >= 15 is 0 Å². The van der Waals surface area contributed by atoms with Crippen LogP contribution in [0.4, 0.5) is 4.79 Å². The van der Waals surface area contributed by atoms with Crippen molar-refractivity contribution in [2.45, 2.75) is 13.5 Å². The van der Waals surface area contributed by atoms with Crippen LogP contribution in [0.15, 0.2) is 30.3 Å². The van der Waals surface area contributed by atoms with Crippen LogP contribution in [0.3, 0.4) is 0 Å². The van der Waals surface area contributed by atoms with Crippen LogP contribution in [-0.4, -0.2) is 30.4 Å². The largest absolute Gasteiger partial charge is 0.442 e. The van der Waals surface area contributed by atoms with Crippen LogP contribution in [0.2, 0.25) is 0 Å². The van der Waals surface area contributed by atoms with Gasteiger partial charge in [-0.25, -0.2) is 4.79 Å². The molecule has 1 aromatic carbocycles. The second kappa shape index (κ2) is 6.61. The maximum Gasteiger partial charge on any atom is 0.410 e. The number of nitrogens with zero attached hydrogens (tertiary/aromatic N) is 1. The number of ether oxygens (including phenoxy) is 1. The van der Waals surface area contributed by atoms with E-state index in [1.165, 1.54) is 0 Å². The van der Waals surface area contributed by atoms with Crippen molar-refractivity contribution < 1.29 is 14.3 Å². The smallest absolute Gasteiger partial charge is 0.410 e. The van der Waals surface area contributed by atoms with E-state index in [9.17, 15) is 9.59 Å². The van der Waals surface area contributed by atoms with Crippen molar-refractivity contribution in [1.29, 1.82) is 0 Å². The molecular weight excluding hydrogens is 206 g/mol. The molecule has 0 saturated carbocycles. The predicted molar refractivity (Wildman–Crippen MR) is 59.9 cm³/mol. The molecule has 0 bridgehead atoms. The number of benzene rings is 1. The lowest BCUT2D eigenvalue weighted by molar-refractivity contribution is -0.110. The van der Waals surface area contributed by atoms with Gasteiger partial charge in [0.2, 0.25) is 0 Å². The Bertz CT molecular complexity index is 337. The van der Waals surface area contributed by atoms with Crippen molar-refractivity contribution in [2.75, 3.05) is 13.2 Å². The van der Waals surface area contributed by atoms with Crippen LogP contribution in [0, 0.1) is 0 Å². The van der Waals surface area contributed by atoms with Gasteiger partial charge < -0.3 is 9.64 Å². The number of carbonyl (C=O) groups excluding carboxylic acids is 2. The lowest BCUT2D eigenvalue weighted by Gasteiger charge is -2.19. The zero-order valence-corrected chi connectivity index (χ0v) is 9.26. The van der Waals surface area contributed by atoms with E-state index in [1.807, 2.05) is 37.3 Å². The van der Waals surface area contributed by atoms with E-state index in [4.69, 9.17) is 4.74 Å². The summed E-state index contributed by atoms with van der Waals surface area (Å²) in [6.45, 7) is 2.72. The van der Waals surface area contributed by atoms with E-state index < -0.39 is 6.09 Å². The quantitative estimate of drug-likeness (QED) is 0.713. The minimum absolute atomic E-state index is 0.190. The normalized spacial score (nSPS) is 9.56. The number of aldehydes is 1. The second-order valence-electron chi connectivity index (χ2n) is 3.24. The second-order valence-corrected chi connectivity index (χ2v) is 3.24. The topological polar surface area (TPSA) is 46.6 Å². The summed E-state index contributed by atoms with van der Waals surface area (Å²) >= 11 is 0. The molecular formula is C12H15NO3. The summed E-state index contributed by atoms with van der Waals surface area (Å²) < 4.78 is 4.74. The van der Waals surface area contributed by atoms with Crippen LogP contribution in [-0.2, 0) is 16.1 Å². The van der Waals surface area contributed by atoms with Crippen LogP contribution < -0.4 is 0 Å². The molecule has 86 valence electrons. The van der Waals surface area contributed by atoms with Crippen LogP contribution in [0.1, 0.15) is 12.5 Å². The summed E-state index contributed by atoms with van der Waals surface area (Å²) in [6.07, 6.45) is 0.104. The van der Waals surface area contributed by atoms with Crippen molar-refractivity contribution in [3.05, 3.63) is 35.9 Å². The van der Waals surface area contributed by atoms with Gasteiger partial charge in [-0.3, -0.25) is 4.79 Å². The van der Waals surface area contributed by atoms with Gasteiger partial charge in [0, 0.05) is 13.1 Å². The number of carbonyl (C=O) groups is 2. The first-order valence-electron chi connectivity index (χ1n) is 5.17. The molecule has 0 N–H and O–H groups in total. The Morgan fingerprint density at radius 3 is 2.62 bits per heavy atom. The monoisotopic (exact) mass is 221 g/mol. The molecule has 0 heterocycles. The number of rotatable bonds is 5. The minimum atomic E-state index is -0.460. The molecule has 1 amide bonds. The van der Waals surface area contributed by atoms with E-state index in [0.717, 1.165) is 5.56 Å². The van der Waals surface area contributed by atoms with Crippen LogP contribution in [0.25, 0.3) is 0 Å². The molecule has 0 aliphatic rings. The van der Waals surface area contributed by atoms with Gasteiger partial charge >= 0.3 is 6.09 Å². The van der Waals surface area contributed by atoms with Crippen molar-refractivity contribution in [1.82, 2.24) is 4.90 Å². The molecule has 4 nitrogen and oxygen atoms in total. The summed E-state index contributed by atoms with van der Waals surface area (Å²) in [7, 11) is 0. The highest BCUT2D eigenvalue weighted by Gasteiger charge is 2.12. The lowest BCUT2D eigenvalue weighted by atomic mass is 10.2. The fourth-order valence-corrected chi connectivity index (χ4v) is 1.31. The van der Waals surface area contributed by atoms with E-state index in [2.05, 4.69) is 0 Å². The Labute approximate surface area is 94.8 Å². The SMILES string of the molecule is CCN(Cc1ccccc1)C(=O)OCC=O. The average molecular weight is 221 g/mol. The molecule has 4 heteroatoms. The summed E-state index contributed by atoms with van der Waals surface area (Å²) in [5.41, 5.74) is 1.03. The van der Waals surface area contributed by atoms with Crippen molar-refractivity contribution in [3.8, 4) is 0 Å². The fraction of sp³-hybridized carbons (Fsp3) is 0.333. The molecule has 0 radical (unpaired) electrons. The number of hydrogen-bond donors (Lipinski definition) is 0. The molecule has 0 aliphatic heterocycles. The first kappa shape index (κ1) is 12.2. The summed E-state index contributed by atoms with van der Waals surface area (Å²) in [4.78, 5) is 23.1. The van der Waals surface area contributed by atoms with Crippen molar-refractivity contribution in [3.63, 3.8) is 0 Å². The van der Waals surface area contributed by atoms with Gasteiger partial charge in [-0.2, -0.15) is 0 Å². The maximum atomic E-state index is 11.5. The molecule has 16 heavy (non-hydrogen) atoms. The molecule has 0 spiro atoms. The van der Waals surface area contributed by atoms with E-state index in [-0.39, 0.29) is 6.61 Å². The third kappa shape index (κ3) is 3.73. The third-order valence-corrected chi connectivity index (χ3v) is 2.13. The highest BCUT2D eigenvalue weighted by Crippen LogP contribution is 2.05. The molecule has 0 atom stereocenters. The zero-order valence-electron chi connectivity index (χ0n) is 9.26. The van der Waals surface area contributed by atoms with Gasteiger partial charge in [0.1, 0.15) is 6.61 Å². The van der Waals surface area contributed by atoms with Gasteiger partial charge in [0.15, 0.2) is 6.29 Å². The summed E-state index contributed by atoms with van der Waals surface area (Å²) in [5, 5.41) is 0. The first-order valence-corrected chi connectivity index (χ1v) is 5.17. The van der Waals surface area contributed by atoms with Gasteiger partial charge in [-0.1, -0.05) is 30.3 Å². The van der Waals surface area contributed by atoms with Crippen LogP contribution >= 0.6 is 0 Å². The molecule has 1 aromatic rings. The molecule has 0 aliphatic carbocycles. The molecule has 0 saturated heterocycles. The minimum Gasteiger partial charge on any atom is -0.442 e. The Morgan fingerprint density at radius 1 is 1.38 bits per heavy atom. The highest BCUT2D eigenvalue weighted by molar-refractivity contribution is 5.69. The summed E-state index contributed by atoms with van der Waals surface area (Å²) in [6, 6.07) is 9.63. The molecule has 0 fully saturated rings. The lowest BCUT2D eigenvalue weighted by Crippen LogP contribution is -2.31. The first-order chi connectivity index (χ1) is 7.77. The standard InChI is InChI=1S/C12H15NO3/c1-2-13(12(15)16-9-8-14)10-11-6-4-3-5-7-11/h3-8H,2,9-10H2,1H3. The Morgan fingerprint density at radius 2 is 2.06 bits per heavy atom. The van der Waals surface area contributed by atoms with Gasteiger partial charge in [0.05, 0.1) is 0 Å². The number of amides is 1. The zero-order chi connectivity index (χ0) is 11.8. The summed E-state index contributed by atoms with van der Waals surface area (Å²) in [5.74, 6) is 0. The van der Waals surface area contributed by atoms with Crippen molar-refractivity contribution in [2.24, 2.45) is 0 Å². The Hall–Kier alpha value is -1.84. The average Bonchev–Trinajstić information content (AvgIpc) is 2.34. The molecule has 0 unspecified atom stereocenters. The van der Waals surface area contributed by atoms with Crippen LogP contribution in [0.5, 0.6) is 0 Å². The van der Waals surface area contributed by atoms with Gasteiger partial charge in [-0.15, -0.1) is 0 Å². The van der Waals surface area contributed by atoms with Gasteiger partial charge in [0.25, 0.3) is 0 Å². The van der Waals surface area contributed by atoms with Crippen molar-refractivity contribution >= 4 is 12.4 Å². The van der Waals surface area contributed by atoms with E-state index in [1.54, 1.807) is 4.90 Å². The number of hydrogen-bond acceptors (Lipinski definition) is 3. The van der Waals surface area contributed by atoms with Gasteiger partial charge in [-0.05, 0) is 12.5 Å². The molecule has 0 aromatic heterocycles. The maximum absolute atomic E-state index is 11.5. The third-order valence-electron chi connectivity index (χ3n) is 2.13. The molecule has 1 rings (SSSR count). The Kier molecular flexibility index (Phi) is 5.05. The Balaban J connectivity index is 2.55.